The summed E-state index contributed by atoms with van der Waals surface area (Å²) in [5.74, 6) is 0.682. The molecule has 0 aliphatic carbocycles. The van der Waals surface area contributed by atoms with E-state index in [2.05, 4.69) is 15.5 Å². The molecule has 1 aliphatic rings. The normalized spacial score (nSPS) is 17.0. The van der Waals surface area contributed by atoms with E-state index in [1.807, 2.05) is 48.0 Å². The molecule has 7 nitrogen and oxygen atoms in total. The van der Waals surface area contributed by atoms with Crippen LogP contribution in [-0.4, -0.2) is 48.5 Å². The van der Waals surface area contributed by atoms with E-state index in [9.17, 15) is 9.59 Å². The summed E-state index contributed by atoms with van der Waals surface area (Å²) in [6.45, 7) is 1.69. The quantitative estimate of drug-likeness (QED) is 0.750. The van der Waals surface area contributed by atoms with E-state index in [0.29, 0.717) is 18.8 Å². The molecule has 0 saturated carbocycles. The van der Waals surface area contributed by atoms with E-state index in [4.69, 9.17) is 4.74 Å². The monoisotopic (exact) mass is 398 g/mol. The third-order valence-electron chi connectivity index (χ3n) is 5.55. The predicted octanol–water partition coefficient (Wildman–Crippen LogP) is 2.24. The van der Waals surface area contributed by atoms with Crippen molar-refractivity contribution in [3.8, 4) is 5.75 Å². The lowest BCUT2D eigenvalue weighted by Gasteiger charge is -2.35. The highest BCUT2D eigenvalue weighted by atomic mass is 16.5. The standard InChI is InChI=1S/C22H30N4O3/c1-23-22(28)20-11-10-18(25(20)2)19-9-4-5-12-26(19)15-21(27)24-14-16-7-6-8-17(13-16)29-3/h6-8,10-11,13,19H,4-5,9,12,14-15H2,1-3H3,(H,23,28)(H,24,27)/t19-/m0/s1. The van der Waals surface area contributed by atoms with Crippen molar-refractivity contribution < 1.29 is 14.3 Å². The van der Waals surface area contributed by atoms with Crippen LogP contribution in [0, 0.1) is 0 Å². The van der Waals surface area contributed by atoms with Gasteiger partial charge in [0.15, 0.2) is 0 Å². The molecule has 29 heavy (non-hydrogen) atoms. The number of aromatic nitrogens is 1. The number of nitrogens with one attached hydrogen (secondary N) is 2. The number of piperidine rings is 1. The van der Waals surface area contributed by atoms with Gasteiger partial charge in [0, 0.05) is 26.3 Å². The fourth-order valence-electron chi connectivity index (χ4n) is 3.96. The minimum absolute atomic E-state index is 0.000420. The van der Waals surface area contributed by atoms with Crippen LogP contribution in [0.5, 0.6) is 5.75 Å². The van der Waals surface area contributed by atoms with Crippen LogP contribution in [0.1, 0.15) is 47.1 Å². The van der Waals surface area contributed by atoms with Crippen LogP contribution in [0.15, 0.2) is 36.4 Å². The Morgan fingerprint density at radius 1 is 1.21 bits per heavy atom. The molecule has 1 aliphatic heterocycles. The van der Waals surface area contributed by atoms with Gasteiger partial charge in [-0.3, -0.25) is 14.5 Å². The largest absolute Gasteiger partial charge is 0.497 e. The molecule has 0 radical (unpaired) electrons. The number of likely N-dealkylation sites (tertiary alicyclic amines) is 1. The Morgan fingerprint density at radius 3 is 2.79 bits per heavy atom. The Bertz CT molecular complexity index is 861. The van der Waals surface area contributed by atoms with Gasteiger partial charge in [0.25, 0.3) is 5.91 Å². The number of hydrogen-bond acceptors (Lipinski definition) is 4. The van der Waals surface area contributed by atoms with E-state index < -0.39 is 0 Å². The second-order valence-electron chi connectivity index (χ2n) is 7.39. The zero-order valence-corrected chi connectivity index (χ0v) is 17.4. The smallest absolute Gasteiger partial charge is 0.267 e. The minimum Gasteiger partial charge on any atom is -0.497 e. The highest BCUT2D eigenvalue weighted by Crippen LogP contribution is 2.31. The zero-order chi connectivity index (χ0) is 20.8. The first-order valence-corrected chi connectivity index (χ1v) is 10.0. The number of carbonyl (C=O) groups is 2. The molecule has 2 heterocycles. The maximum atomic E-state index is 12.6. The van der Waals surface area contributed by atoms with Gasteiger partial charge in [-0.25, -0.2) is 0 Å². The molecule has 1 atom stereocenters. The van der Waals surface area contributed by atoms with Gasteiger partial charge in [0.1, 0.15) is 11.4 Å². The fraction of sp³-hybridized carbons (Fsp3) is 0.455. The average molecular weight is 399 g/mol. The maximum Gasteiger partial charge on any atom is 0.267 e. The Kier molecular flexibility index (Phi) is 6.93. The van der Waals surface area contributed by atoms with Gasteiger partial charge < -0.3 is 19.9 Å². The third-order valence-corrected chi connectivity index (χ3v) is 5.55. The number of carbonyl (C=O) groups excluding carboxylic acids is 2. The van der Waals surface area contributed by atoms with Gasteiger partial charge in [-0.05, 0) is 49.2 Å². The number of ether oxygens (including phenoxy) is 1. The van der Waals surface area contributed by atoms with Crippen LogP contribution in [0.25, 0.3) is 0 Å². The summed E-state index contributed by atoms with van der Waals surface area (Å²) in [5, 5.41) is 5.69. The number of hydrogen-bond donors (Lipinski definition) is 2. The van der Waals surface area contributed by atoms with E-state index in [-0.39, 0.29) is 17.9 Å². The molecular formula is C22H30N4O3. The highest BCUT2D eigenvalue weighted by molar-refractivity contribution is 5.92. The Morgan fingerprint density at radius 2 is 2.03 bits per heavy atom. The van der Waals surface area contributed by atoms with Crippen LogP contribution >= 0.6 is 0 Å². The molecule has 0 bridgehead atoms. The first-order valence-electron chi connectivity index (χ1n) is 10.0. The van der Waals surface area contributed by atoms with Crippen molar-refractivity contribution >= 4 is 11.8 Å². The maximum absolute atomic E-state index is 12.6. The number of benzene rings is 1. The summed E-state index contributed by atoms with van der Waals surface area (Å²) in [4.78, 5) is 26.9. The van der Waals surface area contributed by atoms with E-state index in [0.717, 1.165) is 42.8 Å². The Balaban J connectivity index is 1.64. The molecule has 0 spiro atoms. The summed E-state index contributed by atoms with van der Waals surface area (Å²) < 4.78 is 7.17. The summed E-state index contributed by atoms with van der Waals surface area (Å²) in [6.07, 6.45) is 3.17. The summed E-state index contributed by atoms with van der Waals surface area (Å²) in [5.41, 5.74) is 2.71. The first-order chi connectivity index (χ1) is 14.0. The van der Waals surface area contributed by atoms with E-state index in [1.54, 1.807) is 14.2 Å². The Hall–Kier alpha value is -2.80. The van der Waals surface area contributed by atoms with Crippen molar-refractivity contribution in [1.29, 1.82) is 0 Å². The second-order valence-corrected chi connectivity index (χ2v) is 7.39. The number of rotatable bonds is 7. The second kappa shape index (κ2) is 9.60. The SMILES string of the molecule is CNC(=O)c1ccc([C@@H]2CCCCN2CC(=O)NCc2cccc(OC)c2)n1C. The summed E-state index contributed by atoms with van der Waals surface area (Å²) in [6, 6.07) is 11.7. The van der Waals surface area contributed by atoms with Gasteiger partial charge >= 0.3 is 0 Å². The van der Waals surface area contributed by atoms with Gasteiger partial charge in [0.05, 0.1) is 19.7 Å². The van der Waals surface area contributed by atoms with Crippen LogP contribution in [0.3, 0.4) is 0 Å². The van der Waals surface area contributed by atoms with Crippen molar-refractivity contribution in [1.82, 2.24) is 20.1 Å². The van der Waals surface area contributed by atoms with Crippen molar-refractivity contribution in [2.24, 2.45) is 7.05 Å². The molecule has 3 rings (SSSR count). The lowest BCUT2D eigenvalue weighted by Crippen LogP contribution is -2.42. The summed E-state index contributed by atoms with van der Waals surface area (Å²) in [7, 11) is 5.18. The highest BCUT2D eigenvalue weighted by Gasteiger charge is 2.28. The van der Waals surface area contributed by atoms with Crippen LogP contribution in [0.4, 0.5) is 0 Å². The zero-order valence-electron chi connectivity index (χ0n) is 17.4. The van der Waals surface area contributed by atoms with Crippen LogP contribution in [-0.2, 0) is 18.4 Å². The van der Waals surface area contributed by atoms with Gasteiger partial charge in [-0.2, -0.15) is 0 Å². The number of amides is 2. The van der Waals surface area contributed by atoms with Gasteiger partial charge in [-0.15, -0.1) is 0 Å². The Labute approximate surface area is 172 Å². The molecule has 1 aromatic heterocycles. The van der Waals surface area contributed by atoms with Crippen molar-refractivity contribution in [2.75, 3.05) is 27.2 Å². The van der Waals surface area contributed by atoms with E-state index in [1.165, 1.54) is 0 Å². The molecule has 7 heteroatoms. The number of methoxy groups -OCH3 is 1. The topological polar surface area (TPSA) is 75.6 Å². The molecule has 2 amide bonds. The van der Waals surface area contributed by atoms with Crippen molar-refractivity contribution in [3.63, 3.8) is 0 Å². The van der Waals surface area contributed by atoms with Crippen molar-refractivity contribution in [3.05, 3.63) is 53.3 Å². The molecule has 156 valence electrons. The lowest BCUT2D eigenvalue weighted by molar-refractivity contribution is -0.123. The molecule has 0 unspecified atom stereocenters. The first kappa shape index (κ1) is 20.9. The van der Waals surface area contributed by atoms with E-state index >= 15 is 0 Å². The third kappa shape index (κ3) is 4.98. The molecule has 2 N–H and O–H groups in total. The molecule has 1 aromatic carbocycles. The minimum atomic E-state index is -0.0999. The van der Waals surface area contributed by atoms with Gasteiger partial charge in [0.2, 0.25) is 5.91 Å². The van der Waals surface area contributed by atoms with Gasteiger partial charge in [-0.1, -0.05) is 18.6 Å². The fourth-order valence-corrected chi connectivity index (χ4v) is 3.96. The van der Waals surface area contributed by atoms with Crippen molar-refractivity contribution in [2.45, 2.75) is 31.8 Å². The lowest BCUT2D eigenvalue weighted by atomic mass is 9.99. The average Bonchev–Trinajstić information content (AvgIpc) is 3.13. The molecule has 1 saturated heterocycles. The van der Waals surface area contributed by atoms with Crippen LogP contribution in [0.2, 0.25) is 0 Å². The molecule has 2 aromatic rings. The summed E-state index contributed by atoms with van der Waals surface area (Å²) >= 11 is 0. The number of nitrogens with zero attached hydrogens (tertiary/aromatic N) is 2. The van der Waals surface area contributed by atoms with Crippen LogP contribution < -0.4 is 15.4 Å². The molecule has 1 fully saturated rings. The molecular weight excluding hydrogens is 368 g/mol. The predicted molar refractivity (Wildman–Crippen MR) is 112 cm³/mol.